The first-order valence-corrected chi connectivity index (χ1v) is 9.55. The molecule has 0 unspecified atom stereocenters. The van der Waals surface area contributed by atoms with E-state index >= 15 is 4.39 Å². The third-order valence-electron chi connectivity index (χ3n) is 4.51. The first-order chi connectivity index (χ1) is 13.7. The number of nitrogens with zero attached hydrogens (tertiary/aromatic N) is 1. The highest BCUT2D eigenvalue weighted by molar-refractivity contribution is 7.10. The highest BCUT2D eigenvalue weighted by atomic mass is 32.1. The van der Waals surface area contributed by atoms with E-state index in [1.54, 1.807) is 6.07 Å². The van der Waals surface area contributed by atoms with Crippen LogP contribution in [0.25, 0.3) is 33.3 Å². The lowest BCUT2D eigenvalue weighted by molar-refractivity contribution is -0.115. The number of hydrogen-bond donors (Lipinski definition) is 2. The van der Waals surface area contributed by atoms with E-state index in [1.165, 1.54) is 17.4 Å². The molecule has 5 nitrogen and oxygen atoms in total. The van der Waals surface area contributed by atoms with E-state index in [2.05, 4.69) is 15.5 Å². The van der Waals surface area contributed by atoms with Crippen LogP contribution >= 0.6 is 11.3 Å². The molecule has 3 aromatic heterocycles. The highest BCUT2D eigenvalue weighted by Gasteiger charge is 2.19. The van der Waals surface area contributed by atoms with Crippen molar-refractivity contribution in [2.75, 3.05) is 5.32 Å². The maximum Gasteiger partial charge on any atom is 0.229 e. The van der Waals surface area contributed by atoms with Crippen LogP contribution < -0.4 is 5.32 Å². The summed E-state index contributed by atoms with van der Waals surface area (Å²) < 4.78 is 21.1. The third kappa shape index (κ3) is 2.86. The molecule has 0 radical (unpaired) electrons. The minimum atomic E-state index is -0.541. The number of para-hydroxylation sites is 1. The number of hydrogen-bond acceptors (Lipinski definition) is 4. The number of halogens is 1. The third-order valence-corrected chi connectivity index (χ3v) is 5.39. The van der Waals surface area contributed by atoms with E-state index in [4.69, 9.17) is 4.42 Å². The van der Waals surface area contributed by atoms with Crippen molar-refractivity contribution in [2.45, 2.75) is 6.42 Å². The standard InChI is InChI=1S/C21H14FN3O2S/c22-20-15(23-18(26)11-13-5-3-9-28-13)8-7-14-19(20)21(25-24-14)17-10-12-4-1-2-6-16(12)27-17/h1-10H,11H2,(H,23,26)(H,24,25). The lowest BCUT2D eigenvalue weighted by atomic mass is 10.1. The van der Waals surface area contributed by atoms with Crippen molar-refractivity contribution >= 4 is 44.8 Å². The number of rotatable bonds is 4. The molecule has 7 heteroatoms. The number of carbonyl (C=O) groups is 1. The summed E-state index contributed by atoms with van der Waals surface area (Å²) in [6.07, 6.45) is 0.205. The van der Waals surface area contributed by atoms with E-state index in [-0.39, 0.29) is 23.4 Å². The van der Waals surface area contributed by atoms with Gasteiger partial charge in [0, 0.05) is 10.3 Å². The van der Waals surface area contributed by atoms with E-state index in [0.717, 1.165) is 10.3 Å². The number of nitrogens with one attached hydrogen (secondary N) is 2. The zero-order chi connectivity index (χ0) is 19.1. The molecule has 0 fully saturated rings. The predicted octanol–water partition coefficient (Wildman–Crippen LogP) is 5.36. The number of thiophene rings is 1. The fraction of sp³-hybridized carbons (Fsp3) is 0.0476. The van der Waals surface area contributed by atoms with Crippen LogP contribution in [0.5, 0.6) is 0 Å². The fourth-order valence-corrected chi connectivity index (χ4v) is 3.92. The normalized spacial score (nSPS) is 11.3. The van der Waals surface area contributed by atoms with Crippen LogP contribution in [-0.2, 0) is 11.2 Å². The van der Waals surface area contributed by atoms with Gasteiger partial charge >= 0.3 is 0 Å². The first-order valence-electron chi connectivity index (χ1n) is 8.67. The maximum atomic E-state index is 15.2. The lowest BCUT2D eigenvalue weighted by Gasteiger charge is -2.07. The summed E-state index contributed by atoms with van der Waals surface area (Å²) in [4.78, 5) is 13.2. The van der Waals surface area contributed by atoms with E-state index in [9.17, 15) is 4.79 Å². The summed E-state index contributed by atoms with van der Waals surface area (Å²) in [5.74, 6) is -0.343. The van der Waals surface area contributed by atoms with Gasteiger partial charge < -0.3 is 9.73 Å². The van der Waals surface area contributed by atoms with Crippen molar-refractivity contribution in [1.29, 1.82) is 0 Å². The summed E-state index contributed by atoms with van der Waals surface area (Å²) in [6.45, 7) is 0. The molecule has 0 aliphatic rings. The minimum absolute atomic E-state index is 0.118. The second-order valence-electron chi connectivity index (χ2n) is 6.37. The molecule has 0 bridgehead atoms. The number of benzene rings is 2. The van der Waals surface area contributed by atoms with Crippen LogP contribution in [0.2, 0.25) is 0 Å². The molecule has 0 aliphatic heterocycles. The van der Waals surface area contributed by atoms with Gasteiger partial charge in [0.1, 0.15) is 11.3 Å². The molecule has 2 aromatic carbocycles. The SMILES string of the molecule is O=C(Cc1cccs1)Nc1ccc2[nH]nc(-c3cc4ccccc4o3)c2c1F. The second kappa shape index (κ2) is 6.61. The molecule has 28 heavy (non-hydrogen) atoms. The van der Waals surface area contributed by atoms with Crippen molar-refractivity contribution in [3.05, 3.63) is 70.7 Å². The van der Waals surface area contributed by atoms with Gasteiger partial charge in [-0.05, 0) is 35.7 Å². The quantitative estimate of drug-likeness (QED) is 0.433. The molecule has 2 N–H and O–H groups in total. The Morgan fingerprint density at radius 2 is 2.07 bits per heavy atom. The number of carbonyl (C=O) groups excluding carboxylic acids is 1. The zero-order valence-electron chi connectivity index (χ0n) is 14.5. The van der Waals surface area contributed by atoms with Gasteiger partial charge in [-0.1, -0.05) is 24.3 Å². The Morgan fingerprint density at radius 3 is 2.89 bits per heavy atom. The van der Waals surface area contributed by atoms with Crippen molar-refractivity contribution in [1.82, 2.24) is 10.2 Å². The second-order valence-corrected chi connectivity index (χ2v) is 7.41. The molecule has 3 heterocycles. The number of anilines is 1. The molecule has 1 amide bonds. The average Bonchev–Trinajstić information content (AvgIpc) is 3.42. The van der Waals surface area contributed by atoms with E-state index in [1.807, 2.05) is 47.8 Å². The van der Waals surface area contributed by atoms with Crippen LogP contribution in [0.1, 0.15) is 4.88 Å². The number of amides is 1. The Balaban J connectivity index is 1.53. The van der Waals surface area contributed by atoms with Crippen LogP contribution in [0.3, 0.4) is 0 Å². The molecule has 138 valence electrons. The Hall–Kier alpha value is -3.45. The predicted molar refractivity (Wildman–Crippen MR) is 108 cm³/mol. The molecular weight excluding hydrogens is 377 g/mol. The summed E-state index contributed by atoms with van der Waals surface area (Å²) in [7, 11) is 0. The summed E-state index contributed by atoms with van der Waals surface area (Å²) in [5.41, 5.74) is 1.73. The Kier molecular flexibility index (Phi) is 3.95. The van der Waals surface area contributed by atoms with Crippen molar-refractivity contribution < 1.29 is 13.6 Å². The number of H-pyrrole nitrogens is 1. The Morgan fingerprint density at radius 1 is 1.18 bits per heavy atom. The van der Waals surface area contributed by atoms with Gasteiger partial charge in [0.05, 0.1) is 23.0 Å². The molecule has 0 saturated carbocycles. The highest BCUT2D eigenvalue weighted by Crippen LogP contribution is 2.34. The largest absolute Gasteiger partial charge is 0.454 e. The topological polar surface area (TPSA) is 70.9 Å². The maximum absolute atomic E-state index is 15.2. The molecule has 5 aromatic rings. The summed E-state index contributed by atoms with van der Waals surface area (Å²) in [5, 5.41) is 12.8. The number of fused-ring (bicyclic) bond motifs is 2. The van der Waals surface area contributed by atoms with Crippen LogP contribution in [0.4, 0.5) is 10.1 Å². The van der Waals surface area contributed by atoms with Crippen molar-refractivity contribution in [2.24, 2.45) is 0 Å². The Labute approximate surface area is 162 Å². The van der Waals surface area contributed by atoms with Gasteiger partial charge in [0.2, 0.25) is 5.91 Å². The minimum Gasteiger partial charge on any atom is -0.454 e. The number of furan rings is 1. The Bertz CT molecular complexity index is 1270. The van der Waals surface area contributed by atoms with Gasteiger partial charge in [-0.25, -0.2) is 4.39 Å². The smallest absolute Gasteiger partial charge is 0.229 e. The van der Waals surface area contributed by atoms with Crippen LogP contribution in [0.15, 0.2) is 64.4 Å². The first kappa shape index (κ1) is 16.7. The lowest BCUT2D eigenvalue weighted by Crippen LogP contribution is -2.14. The monoisotopic (exact) mass is 391 g/mol. The molecule has 0 atom stereocenters. The molecule has 0 saturated heterocycles. The number of aromatic nitrogens is 2. The van der Waals surface area contributed by atoms with E-state index in [0.29, 0.717) is 22.6 Å². The molecule has 5 rings (SSSR count). The van der Waals surface area contributed by atoms with Gasteiger partial charge in [0.15, 0.2) is 11.6 Å². The van der Waals surface area contributed by atoms with Gasteiger partial charge in [-0.3, -0.25) is 9.89 Å². The molecule has 0 spiro atoms. The summed E-state index contributed by atoms with van der Waals surface area (Å²) in [6, 6.07) is 16.4. The van der Waals surface area contributed by atoms with Gasteiger partial charge in [-0.15, -0.1) is 11.3 Å². The fourth-order valence-electron chi connectivity index (χ4n) is 3.21. The number of aromatic amines is 1. The zero-order valence-corrected chi connectivity index (χ0v) is 15.3. The molecular formula is C21H14FN3O2S. The van der Waals surface area contributed by atoms with Crippen LogP contribution in [-0.4, -0.2) is 16.1 Å². The van der Waals surface area contributed by atoms with Crippen molar-refractivity contribution in [3.63, 3.8) is 0 Å². The summed E-state index contributed by atoms with van der Waals surface area (Å²) >= 11 is 1.49. The van der Waals surface area contributed by atoms with Crippen molar-refractivity contribution in [3.8, 4) is 11.5 Å². The molecule has 0 aliphatic carbocycles. The van der Waals surface area contributed by atoms with Crippen LogP contribution in [0, 0.1) is 5.82 Å². The average molecular weight is 391 g/mol. The van der Waals surface area contributed by atoms with E-state index < -0.39 is 5.82 Å². The van der Waals surface area contributed by atoms with Gasteiger partial charge in [0.25, 0.3) is 0 Å². The van der Waals surface area contributed by atoms with Gasteiger partial charge in [-0.2, -0.15) is 5.10 Å².